The smallest absolute Gasteiger partial charge is 0.266 e. The van der Waals surface area contributed by atoms with Gasteiger partial charge in [-0.3, -0.25) is 4.79 Å². The van der Waals surface area contributed by atoms with Gasteiger partial charge in [0.1, 0.15) is 11.6 Å². The van der Waals surface area contributed by atoms with Gasteiger partial charge in [0.15, 0.2) is 0 Å². The molecule has 1 heterocycles. The van der Waals surface area contributed by atoms with Crippen LogP contribution in [0.4, 0.5) is 11.4 Å². The number of hydrogen-bond acceptors (Lipinski definition) is 3. The normalized spacial score (nSPS) is 15.3. The molecule has 0 bridgehead atoms. The van der Waals surface area contributed by atoms with Gasteiger partial charge < -0.3 is 10.2 Å². The van der Waals surface area contributed by atoms with E-state index in [-0.39, 0.29) is 11.1 Å². The average molecular weight is 426 g/mol. The lowest BCUT2D eigenvalue weighted by Gasteiger charge is -2.40. The molecule has 1 aliphatic rings. The first-order valence-corrected chi connectivity index (χ1v) is 9.84. The highest BCUT2D eigenvalue weighted by Crippen LogP contribution is 2.40. The van der Waals surface area contributed by atoms with E-state index in [0.717, 1.165) is 16.8 Å². The van der Waals surface area contributed by atoms with Crippen molar-refractivity contribution in [3.8, 4) is 6.07 Å². The van der Waals surface area contributed by atoms with Gasteiger partial charge in [0, 0.05) is 23.3 Å². The molecular formula is C23H21Cl2N3O. The molecule has 1 aliphatic heterocycles. The van der Waals surface area contributed by atoms with Crippen LogP contribution in [0.25, 0.3) is 11.6 Å². The lowest BCUT2D eigenvalue weighted by atomic mass is 9.88. The Kier molecular flexibility index (Phi) is 5.75. The topological polar surface area (TPSA) is 56.1 Å². The molecule has 29 heavy (non-hydrogen) atoms. The number of likely N-dealkylation sites (N-methyl/N-ethyl adjacent to an activating group) is 1. The summed E-state index contributed by atoms with van der Waals surface area (Å²) < 4.78 is 0. The molecular weight excluding hydrogens is 405 g/mol. The molecule has 2 aromatic carbocycles. The summed E-state index contributed by atoms with van der Waals surface area (Å²) in [5, 5.41) is 13.1. The SMILES string of the molecule is CC1=CC(C)(C)N(C)c2cc(Cl)c(/C=C(/C#N)C(=O)Nc3ccccc3Cl)cc21. The van der Waals surface area contributed by atoms with E-state index in [1.54, 1.807) is 24.3 Å². The molecule has 0 atom stereocenters. The maximum Gasteiger partial charge on any atom is 0.266 e. The molecule has 0 aromatic heterocycles. The Balaban J connectivity index is 1.99. The quantitative estimate of drug-likeness (QED) is 0.472. The summed E-state index contributed by atoms with van der Waals surface area (Å²) >= 11 is 12.6. The van der Waals surface area contributed by atoms with Crippen molar-refractivity contribution in [1.82, 2.24) is 0 Å². The van der Waals surface area contributed by atoms with Crippen LogP contribution in [0.1, 0.15) is 31.9 Å². The van der Waals surface area contributed by atoms with Crippen molar-refractivity contribution in [3.63, 3.8) is 0 Å². The summed E-state index contributed by atoms with van der Waals surface area (Å²) in [6, 6.07) is 12.6. The number of nitriles is 1. The number of rotatable bonds is 3. The Labute approximate surface area is 181 Å². The number of carbonyl (C=O) groups is 1. The minimum absolute atomic E-state index is 0.0575. The van der Waals surface area contributed by atoms with Gasteiger partial charge in [-0.25, -0.2) is 0 Å². The second-order valence-electron chi connectivity index (χ2n) is 7.53. The number of nitrogens with one attached hydrogen (secondary N) is 1. The van der Waals surface area contributed by atoms with Crippen molar-refractivity contribution < 1.29 is 4.79 Å². The average Bonchev–Trinajstić information content (AvgIpc) is 2.66. The second-order valence-corrected chi connectivity index (χ2v) is 8.35. The van der Waals surface area contributed by atoms with Crippen molar-refractivity contribution >= 4 is 52.1 Å². The molecule has 6 heteroatoms. The molecule has 0 saturated carbocycles. The molecule has 0 aliphatic carbocycles. The molecule has 0 spiro atoms. The number of allylic oxidation sites excluding steroid dienone is 1. The van der Waals surface area contributed by atoms with Crippen molar-refractivity contribution in [3.05, 3.63) is 69.2 Å². The van der Waals surface area contributed by atoms with E-state index in [1.807, 2.05) is 32.2 Å². The predicted octanol–water partition coefficient (Wildman–Crippen LogP) is 6.17. The maximum absolute atomic E-state index is 12.6. The summed E-state index contributed by atoms with van der Waals surface area (Å²) in [5.41, 5.74) is 4.01. The number of benzene rings is 2. The van der Waals surface area contributed by atoms with Crippen LogP contribution in [0.5, 0.6) is 0 Å². The van der Waals surface area contributed by atoms with Crippen molar-refractivity contribution in [2.75, 3.05) is 17.3 Å². The first-order valence-electron chi connectivity index (χ1n) is 9.09. The summed E-state index contributed by atoms with van der Waals surface area (Å²) in [7, 11) is 2.02. The van der Waals surface area contributed by atoms with Gasteiger partial charge in [0.05, 0.1) is 16.2 Å². The minimum atomic E-state index is -0.542. The van der Waals surface area contributed by atoms with Crippen LogP contribution in [0.3, 0.4) is 0 Å². The highest BCUT2D eigenvalue weighted by atomic mass is 35.5. The van der Waals surface area contributed by atoms with Crippen LogP contribution in [-0.2, 0) is 4.79 Å². The Bertz CT molecular complexity index is 1090. The third-order valence-electron chi connectivity index (χ3n) is 5.12. The predicted molar refractivity (Wildman–Crippen MR) is 121 cm³/mol. The number of anilines is 2. The van der Waals surface area contributed by atoms with Crippen LogP contribution in [0, 0.1) is 11.3 Å². The third kappa shape index (κ3) is 4.17. The lowest BCUT2D eigenvalue weighted by Crippen LogP contribution is -2.42. The van der Waals surface area contributed by atoms with E-state index >= 15 is 0 Å². The number of fused-ring (bicyclic) bond motifs is 1. The van der Waals surface area contributed by atoms with E-state index in [9.17, 15) is 10.1 Å². The van der Waals surface area contributed by atoms with Crippen LogP contribution in [0.15, 0.2) is 48.0 Å². The van der Waals surface area contributed by atoms with Crippen LogP contribution in [-0.4, -0.2) is 18.5 Å². The minimum Gasteiger partial charge on any atom is -0.365 e. The fourth-order valence-electron chi connectivity index (χ4n) is 3.35. The summed E-state index contributed by atoms with van der Waals surface area (Å²) in [6.45, 7) is 6.31. The van der Waals surface area contributed by atoms with Crippen LogP contribution >= 0.6 is 23.2 Å². The molecule has 0 fully saturated rings. The van der Waals surface area contributed by atoms with Crippen LogP contribution < -0.4 is 10.2 Å². The van der Waals surface area contributed by atoms with Crippen molar-refractivity contribution in [2.24, 2.45) is 0 Å². The maximum atomic E-state index is 12.6. The van der Waals surface area contributed by atoms with Crippen molar-refractivity contribution in [1.29, 1.82) is 5.26 Å². The number of para-hydroxylation sites is 1. The van der Waals surface area contributed by atoms with Crippen LogP contribution in [0.2, 0.25) is 10.0 Å². The number of hydrogen-bond donors (Lipinski definition) is 1. The van der Waals surface area contributed by atoms with E-state index < -0.39 is 5.91 Å². The molecule has 4 nitrogen and oxygen atoms in total. The number of nitrogens with zero attached hydrogens (tertiary/aromatic N) is 2. The van der Waals surface area contributed by atoms with E-state index in [0.29, 0.717) is 21.3 Å². The van der Waals surface area contributed by atoms with E-state index in [4.69, 9.17) is 23.2 Å². The van der Waals surface area contributed by atoms with Gasteiger partial charge in [0.2, 0.25) is 0 Å². The number of carbonyl (C=O) groups excluding carboxylic acids is 1. The highest BCUT2D eigenvalue weighted by Gasteiger charge is 2.29. The standard InChI is InChI=1S/C23H21Cl2N3O/c1-14-12-23(2,3)28(4)21-11-19(25)15(10-17(14)21)9-16(13-26)22(29)27-20-8-6-5-7-18(20)24/h5-12H,1-4H3,(H,27,29)/b16-9-. The molecule has 3 rings (SSSR count). The van der Waals surface area contributed by atoms with Gasteiger partial charge in [-0.1, -0.05) is 41.4 Å². The Hall–Kier alpha value is -2.74. The molecule has 2 aromatic rings. The zero-order chi connectivity index (χ0) is 21.3. The largest absolute Gasteiger partial charge is 0.365 e. The Morgan fingerprint density at radius 1 is 1.21 bits per heavy atom. The van der Waals surface area contributed by atoms with E-state index in [1.165, 1.54) is 6.08 Å². The lowest BCUT2D eigenvalue weighted by molar-refractivity contribution is -0.112. The van der Waals surface area contributed by atoms with Gasteiger partial charge in [-0.15, -0.1) is 0 Å². The molecule has 148 valence electrons. The van der Waals surface area contributed by atoms with Gasteiger partial charge >= 0.3 is 0 Å². The van der Waals surface area contributed by atoms with Gasteiger partial charge in [0.25, 0.3) is 5.91 Å². The number of halogens is 2. The summed E-state index contributed by atoms with van der Waals surface area (Å²) in [4.78, 5) is 14.7. The molecule has 0 saturated heterocycles. The first kappa shape index (κ1) is 21.0. The van der Waals surface area contributed by atoms with E-state index in [2.05, 4.69) is 30.1 Å². The van der Waals surface area contributed by atoms with Crippen molar-refractivity contribution in [2.45, 2.75) is 26.3 Å². The molecule has 1 amide bonds. The zero-order valence-corrected chi connectivity index (χ0v) is 18.2. The zero-order valence-electron chi connectivity index (χ0n) is 16.7. The fraction of sp³-hybridized carbons (Fsp3) is 0.217. The molecule has 1 N–H and O–H groups in total. The summed E-state index contributed by atoms with van der Waals surface area (Å²) in [6.07, 6.45) is 3.69. The van der Waals surface area contributed by atoms with Gasteiger partial charge in [-0.2, -0.15) is 5.26 Å². The summed E-state index contributed by atoms with van der Waals surface area (Å²) in [5.74, 6) is -0.542. The Morgan fingerprint density at radius 2 is 1.90 bits per heavy atom. The second kappa shape index (κ2) is 7.94. The number of amides is 1. The fourth-order valence-corrected chi connectivity index (χ4v) is 3.75. The van der Waals surface area contributed by atoms with Gasteiger partial charge in [-0.05, 0) is 62.2 Å². The molecule has 0 radical (unpaired) electrons. The highest BCUT2D eigenvalue weighted by molar-refractivity contribution is 6.34. The Morgan fingerprint density at radius 3 is 2.55 bits per heavy atom. The first-order chi connectivity index (χ1) is 13.6. The monoisotopic (exact) mass is 425 g/mol. The molecule has 0 unspecified atom stereocenters. The third-order valence-corrected chi connectivity index (χ3v) is 5.78.